The Hall–Kier alpha value is -3.13. The molecule has 154 valence electrons. The van der Waals surface area contributed by atoms with Crippen molar-refractivity contribution in [3.63, 3.8) is 0 Å². The third kappa shape index (κ3) is 3.59. The molecule has 0 N–H and O–H groups in total. The molecular weight excluding hydrogens is 446 g/mol. The lowest BCUT2D eigenvalue weighted by atomic mass is 10.2. The van der Waals surface area contributed by atoms with E-state index in [2.05, 4.69) is 20.9 Å². The van der Waals surface area contributed by atoms with Crippen LogP contribution >= 0.6 is 15.9 Å². The third-order valence-corrected chi connectivity index (χ3v) is 5.66. The Kier molecular flexibility index (Phi) is 5.34. The number of benzene rings is 2. The van der Waals surface area contributed by atoms with Crippen molar-refractivity contribution in [2.24, 2.45) is 14.1 Å². The van der Waals surface area contributed by atoms with Crippen molar-refractivity contribution in [2.75, 3.05) is 11.9 Å². The van der Waals surface area contributed by atoms with Gasteiger partial charge in [0.25, 0.3) is 5.56 Å². The van der Waals surface area contributed by atoms with Crippen molar-refractivity contribution in [3.05, 3.63) is 91.0 Å². The molecule has 0 aliphatic rings. The summed E-state index contributed by atoms with van der Waals surface area (Å²) in [7, 11) is 5.38. The van der Waals surface area contributed by atoms with Crippen LogP contribution in [0.25, 0.3) is 11.2 Å². The molecule has 4 aromatic rings. The zero-order valence-corrected chi connectivity index (χ0v) is 18.6. The molecule has 2 heterocycles. The van der Waals surface area contributed by atoms with Crippen LogP contribution in [-0.2, 0) is 27.2 Å². The fraction of sp³-hybridized carbons (Fsp3) is 0.227. The minimum Gasteiger partial charge on any atom is -0.341 e. The smallest absolute Gasteiger partial charge is 0.332 e. The number of rotatable bonds is 5. The Balaban J connectivity index is 1.81. The summed E-state index contributed by atoms with van der Waals surface area (Å²) in [5.41, 5.74) is 2.06. The van der Waals surface area contributed by atoms with Gasteiger partial charge >= 0.3 is 5.69 Å². The van der Waals surface area contributed by atoms with Gasteiger partial charge in [0.05, 0.1) is 6.54 Å². The standard InChI is InChI=1S/C22H22BrN5O2/c1-25(13-15-8-5-4-6-9-15)21-24-19-18(26(21)2)20(29)28(22(30)27(19)3)14-16-10-7-11-17(23)12-16/h4-12H,13-14H2,1-3H3. The summed E-state index contributed by atoms with van der Waals surface area (Å²) >= 11 is 3.43. The van der Waals surface area contributed by atoms with Gasteiger partial charge in [-0.05, 0) is 23.3 Å². The van der Waals surface area contributed by atoms with Gasteiger partial charge < -0.3 is 9.47 Å². The van der Waals surface area contributed by atoms with E-state index < -0.39 is 0 Å². The molecule has 0 unspecified atom stereocenters. The number of hydrogen-bond acceptors (Lipinski definition) is 4. The predicted octanol–water partition coefficient (Wildman–Crippen LogP) is 2.88. The first kappa shape index (κ1) is 20.2. The molecule has 0 amide bonds. The minimum absolute atomic E-state index is 0.196. The van der Waals surface area contributed by atoms with Crippen molar-refractivity contribution in [2.45, 2.75) is 13.1 Å². The van der Waals surface area contributed by atoms with Gasteiger partial charge in [-0.2, -0.15) is 4.98 Å². The fourth-order valence-electron chi connectivity index (χ4n) is 3.66. The van der Waals surface area contributed by atoms with Crippen LogP contribution in [0.3, 0.4) is 0 Å². The highest BCUT2D eigenvalue weighted by molar-refractivity contribution is 9.10. The van der Waals surface area contributed by atoms with Gasteiger partial charge in [0, 0.05) is 32.2 Å². The zero-order chi connectivity index (χ0) is 21.4. The van der Waals surface area contributed by atoms with Crippen molar-refractivity contribution in [1.29, 1.82) is 0 Å². The van der Waals surface area contributed by atoms with E-state index in [0.717, 1.165) is 15.6 Å². The number of fused-ring (bicyclic) bond motifs is 1. The maximum Gasteiger partial charge on any atom is 0.332 e. The normalized spacial score (nSPS) is 11.2. The van der Waals surface area contributed by atoms with Crippen molar-refractivity contribution in [3.8, 4) is 0 Å². The van der Waals surface area contributed by atoms with Gasteiger partial charge in [0.2, 0.25) is 5.95 Å². The first-order chi connectivity index (χ1) is 14.4. The molecule has 30 heavy (non-hydrogen) atoms. The molecule has 0 fully saturated rings. The quantitative estimate of drug-likeness (QED) is 0.452. The Labute approximate surface area is 182 Å². The van der Waals surface area contributed by atoms with Crippen LogP contribution in [0, 0.1) is 0 Å². The molecule has 4 rings (SSSR count). The van der Waals surface area contributed by atoms with E-state index in [4.69, 9.17) is 0 Å². The highest BCUT2D eigenvalue weighted by Crippen LogP contribution is 2.19. The van der Waals surface area contributed by atoms with E-state index >= 15 is 0 Å². The number of halogens is 1. The van der Waals surface area contributed by atoms with Crippen molar-refractivity contribution in [1.82, 2.24) is 18.7 Å². The summed E-state index contributed by atoms with van der Waals surface area (Å²) in [6, 6.07) is 17.6. The molecule has 0 aliphatic heterocycles. The van der Waals surface area contributed by atoms with Gasteiger partial charge in [-0.3, -0.25) is 13.9 Å². The van der Waals surface area contributed by atoms with Crippen LogP contribution < -0.4 is 16.1 Å². The average Bonchev–Trinajstić information content (AvgIpc) is 3.08. The van der Waals surface area contributed by atoms with Crippen molar-refractivity contribution < 1.29 is 0 Å². The second-order valence-electron chi connectivity index (χ2n) is 7.35. The second-order valence-corrected chi connectivity index (χ2v) is 8.26. The number of imidazole rings is 1. The van der Waals surface area contributed by atoms with E-state index in [-0.39, 0.29) is 17.8 Å². The number of aromatic nitrogens is 4. The molecule has 7 nitrogen and oxygen atoms in total. The Morgan fingerprint density at radius 2 is 1.67 bits per heavy atom. The van der Waals surface area contributed by atoms with Crippen LogP contribution in [0.15, 0.2) is 68.7 Å². The summed E-state index contributed by atoms with van der Waals surface area (Å²) in [4.78, 5) is 32.8. The topological polar surface area (TPSA) is 65.1 Å². The van der Waals surface area contributed by atoms with Crippen LogP contribution in [0.2, 0.25) is 0 Å². The van der Waals surface area contributed by atoms with Gasteiger partial charge in [-0.1, -0.05) is 58.4 Å². The zero-order valence-electron chi connectivity index (χ0n) is 17.0. The van der Waals surface area contributed by atoms with E-state index in [9.17, 15) is 9.59 Å². The largest absolute Gasteiger partial charge is 0.341 e. The fourth-order valence-corrected chi connectivity index (χ4v) is 4.11. The van der Waals surface area contributed by atoms with Crippen LogP contribution in [0.1, 0.15) is 11.1 Å². The first-order valence-corrected chi connectivity index (χ1v) is 10.3. The molecule has 0 bridgehead atoms. The van der Waals surface area contributed by atoms with Gasteiger partial charge in [0.1, 0.15) is 0 Å². The van der Waals surface area contributed by atoms with E-state index in [1.165, 1.54) is 9.13 Å². The van der Waals surface area contributed by atoms with Crippen LogP contribution in [-0.4, -0.2) is 25.7 Å². The summed E-state index contributed by atoms with van der Waals surface area (Å²) in [5, 5.41) is 0. The molecule has 2 aromatic heterocycles. The molecule has 0 aliphatic carbocycles. The van der Waals surface area contributed by atoms with Crippen LogP contribution in [0.4, 0.5) is 5.95 Å². The molecule has 0 atom stereocenters. The Morgan fingerprint density at radius 3 is 2.37 bits per heavy atom. The number of nitrogens with zero attached hydrogens (tertiary/aromatic N) is 5. The number of aryl methyl sites for hydroxylation is 2. The van der Waals surface area contributed by atoms with Gasteiger partial charge in [-0.25, -0.2) is 4.79 Å². The maximum atomic E-state index is 13.3. The lowest BCUT2D eigenvalue weighted by Crippen LogP contribution is -2.39. The lowest BCUT2D eigenvalue weighted by molar-refractivity contribution is 0.655. The maximum absolute atomic E-state index is 13.3. The summed E-state index contributed by atoms with van der Waals surface area (Å²) in [6.45, 7) is 0.833. The second kappa shape index (κ2) is 7.95. The molecule has 0 saturated heterocycles. The summed E-state index contributed by atoms with van der Waals surface area (Å²) in [6.07, 6.45) is 0. The SMILES string of the molecule is CN(Cc1ccccc1)c1nc2c(c(=O)n(Cc3cccc(Br)c3)c(=O)n2C)n1C. The first-order valence-electron chi connectivity index (χ1n) is 9.52. The molecule has 0 spiro atoms. The van der Waals surface area contributed by atoms with E-state index in [1.54, 1.807) is 11.6 Å². The molecule has 0 radical (unpaired) electrons. The van der Waals surface area contributed by atoms with Crippen LogP contribution in [0.5, 0.6) is 0 Å². The Morgan fingerprint density at radius 1 is 0.967 bits per heavy atom. The van der Waals surface area contributed by atoms with E-state index in [0.29, 0.717) is 23.7 Å². The lowest BCUT2D eigenvalue weighted by Gasteiger charge is -2.18. The van der Waals surface area contributed by atoms with Gasteiger partial charge in [-0.15, -0.1) is 0 Å². The average molecular weight is 468 g/mol. The predicted molar refractivity (Wildman–Crippen MR) is 122 cm³/mol. The highest BCUT2D eigenvalue weighted by atomic mass is 79.9. The van der Waals surface area contributed by atoms with E-state index in [1.807, 2.05) is 73.6 Å². The van der Waals surface area contributed by atoms with Crippen molar-refractivity contribution >= 4 is 33.0 Å². The number of anilines is 1. The highest BCUT2D eigenvalue weighted by Gasteiger charge is 2.20. The minimum atomic E-state index is -0.386. The third-order valence-electron chi connectivity index (χ3n) is 5.17. The monoisotopic (exact) mass is 467 g/mol. The molecule has 8 heteroatoms. The Bertz CT molecular complexity index is 1340. The molecular formula is C22H22BrN5O2. The summed E-state index contributed by atoms with van der Waals surface area (Å²) < 4.78 is 5.36. The summed E-state index contributed by atoms with van der Waals surface area (Å²) in [5.74, 6) is 0.626. The molecule has 0 saturated carbocycles. The molecule has 2 aromatic carbocycles. The van der Waals surface area contributed by atoms with Gasteiger partial charge in [0.15, 0.2) is 11.2 Å². The number of hydrogen-bond donors (Lipinski definition) is 0.